The molecule has 0 saturated carbocycles. The van der Waals surface area contributed by atoms with Crippen molar-refractivity contribution in [2.24, 2.45) is 0 Å². The predicted molar refractivity (Wildman–Crippen MR) is 263 cm³/mol. The molecule has 0 fully saturated rings. The number of aryl methyl sites for hydroxylation is 3. The van der Waals surface area contributed by atoms with Gasteiger partial charge in [0.25, 0.3) is 0 Å². The van der Waals surface area contributed by atoms with E-state index in [-0.39, 0.29) is 25.5 Å². The van der Waals surface area contributed by atoms with Crippen LogP contribution in [0.4, 0.5) is 0 Å². The van der Waals surface area contributed by atoms with Gasteiger partial charge < -0.3 is 14.4 Å². The summed E-state index contributed by atoms with van der Waals surface area (Å²) in [5.74, 6) is 0.501. The Hall–Kier alpha value is -5.78. The summed E-state index contributed by atoms with van der Waals surface area (Å²) in [6.07, 6.45) is 3.98. The van der Waals surface area contributed by atoms with Crippen molar-refractivity contribution in [3.05, 3.63) is 191 Å². The Morgan fingerprint density at radius 3 is 2.03 bits per heavy atom. The molecule has 1 radical (unpaired) electrons. The molecule has 0 aliphatic rings. The molecular formula is C57H55IrN3OSi-2. The van der Waals surface area contributed by atoms with Crippen LogP contribution < -0.4 is 5.19 Å². The minimum atomic E-state index is -1.40. The average Bonchev–Trinajstić information content (AvgIpc) is 3.65. The number of benzene rings is 5. The third-order valence-corrected chi connectivity index (χ3v) is 14.0. The number of fused-ring (bicyclic) bond motifs is 3. The monoisotopic (exact) mass is 1020 g/mol. The minimum Gasteiger partial charge on any atom is -0.499 e. The molecule has 5 aromatic carbocycles. The van der Waals surface area contributed by atoms with Crippen LogP contribution in [0.5, 0.6) is 0 Å². The number of aromatic nitrogens is 3. The molecule has 0 aliphatic heterocycles. The van der Waals surface area contributed by atoms with Gasteiger partial charge in [-0.25, -0.2) is 4.98 Å². The molecule has 0 bridgehead atoms. The number of nitrogens with zero attached hydrogens (tertiary/aromatic N) is 3. The van der Waals surface area contributed by atoms with Crippen LogP contribution in [0.15, 0.2) is 150 Å². The van der Waals surface area contributed by atoms with E-state index < -0.39 is 8.07 Å². The molecule has 319 valence electrons. The van der Waals surface area contributed by atoms with Crippen molar-refractivity contribution in [1.82, 2.24) is 15.0 Å². The minimum absolute atomic E-state index is 0. The number of pyridine rings is 3. The largest absolute Gasteiger partial charge is 0.499 e. The Labute approximate surface area is 388 Å². The molecule has 9 aromatic rings. The number of rotatable bonds is 8. The van der Waals surface area contributed by atoms with Crippen LogP contribution >= 0.6 is 0 Å². The van der Waals surface area contributed by atoms with Gasteiger partial charge in [0, 0.05) is 37.9 Å². The van der Waals surface area contributed by atoms with E-state index in [0.717, 1.165) is 55.8 Å². The summed E-state index contributed by atoms with van der Waals surface area (Å²) < 4.78 is 6.39. The second-order valence-electron chi connectivity index (χ2n) is 18.4. The van der Waals surface area contributed by atoms with Gasteiger partial charge in [0.05, 0.1) is 24.9 Å². The maximum absolute atomic E-state index is 6.39. The zero-order chi connectivity index (χ0) is 43.8. The summed E-state index contributed by atoms with van der Waals surface area (Å²) in [6, 6.07) is 53.1. The molecular weight excluding hydrogens is 963 g/mol. The SMILES string of the molecule is CC(C)c1cc(-c2[c-]ccc(-c3ccccc3)c2)ncc1[Si](C)(C)C.Cc1cc(C)c(-c2ccnc(-c3[c-]ccc4c3oc3ccc(C(C)(C)c5ccccc5)nc34)c2)c(C)c1.[Ir]. The zero-order valence-corrected chi connectivity index (χ0v) is 41.4. The van der Waals surface area contributed by atoms with Crippen LogP contribution in [0, 0.1) is 32.9 Å². The molecule has 4 heterocycles. The smallest absolute Gasteiger partial charge is 0.139 e. The van der Waals surface area contributed by atoms with Crippen molar-refractivity contribution in [3.63, 3.8) is 0 Å². The third-order valence-electron chi connectivity index (χ3n) is 11.9. The fourth-order valence-electron chi connectivity index (χ4n) is 8.65. The first kappa shape index (κ1) is 45.2. The second kappa shape index (κ2) is 18.5. The summed E-state index contributed by atoms with van der Waals surface area (Å²) in [5.41, 5.74) is 18.2. The predicted octanol–water partition coefficient (Wildman–Crippen LogP) is 14.6. The molecule has 4 aromatic heterocycles. The zero-order valence-electron chi connectivity index (χ0n) is 38.0. The van der Waals surface area contributed by atoms with Crippen molar-refractivity contribution >= 4 is 35.3 Å². The van der Waals surface area contributed by atoms with Crippen LogP contribution in [0.2, 0.25) is 19.6 Å². The fourth-order valence-corrected chi connectivity index (χ4v) is 10.3. The van der Waals surface area contributed by atoms with Crippen molar-refractivity contribution in [3.8, 4) is 44.8 Å². The van der Waals surface area contributed by atoms with E-state index in [1.807, 2.05) is 42.6 Å². The fraction of sp³-hybridized carbons (Fsp3) is 0.211. The number of furan rings is 1. The first-order valence-electron chi connectivity index (χ1n) is 21.6. The van der Waals surface area contributed by atoms with Gasteiger partial charge in [0.1, 0.15) is 5.58 Å². The van der Waals surface area contributed by atoms with Crippen LogP contribution in [0.3, 0.4) is 0 Å². The van der Waals surface area contributed by atoms with Gasteiger partial charge in [-0.05, 0) is 100 Å². The maximum Gasteiger partial charge on any atom is 0.139 e. The van der Waals surface area contributed by atoms with Gasteiger partial charge >= 0.3 is 0 Å². The van der Waals surface area contributed by atoms with Gasteiger partial charge in [-0.1, -0.05) is 149 Å². The van der Waals surface area contributed by atoms with Crippen LogP contribution in [0.25, 0.3) is 66.8 Å². The summed E-state index contributed by atoms with van der Waals surface area (Å²) in [5, 5.41) is 2.44. The topological polar surface area (TPSA) is 51.8 Å². The van der Waals surface area contributed by atoms with E-state index in [1.54, 1.807) is 0 Å². The van der Waals surface area contributed by atoms with Crippen LogP contribution in [0.1, 0.15) is 67.1 Å². The molecule has 63 heavy (non-hydrogen) atoms. The Morgan fingerprint density at radius 2 is 1.35 bits per heavy atom. The molecule has 0 N–H and O–H groups in total. The molecule has 4 nitrogen and oxygen atoms in total. The summed E-state index contributed by atoms with van der Waals surface area (Å²) in [6.45, 7) is 22.6. The van der Waals surface area contributed by atoms with Crippen LogP contribution in [-0.2, 0) is 25.5 Å². The van der Waals surface area contributed by atoms with Crippen molar-refractivity contribution in [1.29, 1.82) is 0 Å². The Kier molecular flexibility index (Phi) is 13.3. The van der Waals surface area contributed by atoms with Crippen molar-refractivity contribution in [2.75, 3.05) is 0 Å². The Morgan fingerprint density at radius 1 is 0.667 bits per heavy atom. The summed E-state index contributed by atoms with van der Waals surface area (Å²) in [4.78, 5) is 14.6. The Bertz CT molecular complexity index is 3010. The molecule has 0 aliphatic carbocycles. The summed E-state index contributed by atoms with van der Waals surface area (Å²) >= 11 is 0. The molecule has 0 atom stereocenters. The normalized spacial score (nSPS) is 11.7. The average molecular weight is 1020 g/mol. The Balaban J connectivity index is 0.000000201. The second-order valence-corrected chi connectivity index (χ2v) is 23.4. The van der Waals surface area contributed by atoms with Crippen molar-refractivity contribution < 1.29 is 24.5 Å². The van der Waals surface area contributed by atoms with E-state index >= 15 is 0 Å². The third kappa shape index (κ3) is 9.45. The molecule has 0 amide bonds. The molecule has 9 rings (SSSR count). The van der Waals surface area contributed by atoms with Gasteiger partial charge in [0.2, 0.25) is 0 Å². The maximum atomic E-state index is 6.39. The van der Waals surface area contributed by atoms with Gasteiger partial charge in [-0.3, -0.25) is 0 Å². The quantitative estimate of drug-likeness (QED) is 0.112. The van der Waals surface area contributed by atoms with Gasteiger partial charge in [-0.2, -0.15) is 0 Å². The van der Waals surface area contributed by atoms with Crippen LogP contribution in [-0.4, -0.2) is 23.0 Å². The molecule has 6 heteroatoms. The van der Waals surface area contributed by atoms with E-state index in [9.17, 15) is 0 Å². The number of hydrogen-bond acceptors (Lipinski definition) is 4. The first-order chi connectivity index (χ1) is 29.7. The van der Waals surface area contributed by atoms with E-state index in [1.165, 1.54) is 49.7 Å². The van der Waals surface area contributed by atoms with Gasteiger partial charge in [0.15, 0.2) is 0 Å². The van der Waals surface area contributed by atoms with Crippen molar-refractivity contribution in [2.45, 2.75) is 79.4 Å². The van der Waals surface area contributed by atoms with E-state index in [4.69, 9.17) is 19.4 Å². The van der Waals surface area contributed by atoms with E-state index in [0.29, 0.717) is 5.92 Å². The number of hydrogen-bond donors (Lipinski definition) is 0. The molecule has 0 saturated heterocycles. The standard InChI is InChI=1S/C34H29N2O.C23H26NSi.Ir/c1-21-18-22(2)31(23(3)19-21)24-16-17-35-28(20-24)26-12-9-13-27-32-29(37-33(26)27)14-15-30(36-32)34(4,5)25-10-7-6-8-11-25;1-17(2)21-15-22(24-16-23(21)25(3,4)5)20-13-9-12-19(14-20)18-10-7-6-8-11-18;/h6-11,13-20H,1-5H3;6-12,14-17H,1-5H3;/q2*-1;. The molecule has 0 unspecified atom stereocenters. The van der Waals surface area contributed by atoms with E-state index in [2.05, 4.69) is 183 Å². The van der Waals surface area contributed by atoms with Gasteiger partial charge in [-0.15, -0.1) is 53.6 Å². The first-order valence-corrected chi connectivity index (χ1v) is 25.1. The molecule has 0 spiro atoms. The summed E-state index contributed by atoms with van der Waals surface area (Å²) in [7, 11) is -1.40.